The minimum atomic E-state index is -0.0543. The first-order valence-electron chi connectivity index (χ1n) is 9.70. The summed E-state index contributed by atoms with van der Waals surface area (Å²) < 4.78 is 5.45. The Balaban J connectivity index is 1.49. The molecule has 0 bridgehead atoms. The number of hydrogen-bond acceptors (Lipinski definition) is 6. The molecule has 0 aliphatic carbocycles. The number of nitrogens with zero attached hydrogens (tertiary/aromatic N) is 3. The number of aryl methyl sites for hydroxylation is 2. The van der Waals surface area contributed by atoms with Crippen LogP contribution in [0.1, 0.15) is 11.1 Å². The second-order valence-corrected chi connectivity index (χ2v) is 8.07. The Labute approximate surface area is 174 Å². The predicted octanol–water partition coefficient (Wildman–Crippen LogP) is 3.81. The van der Waals surface area contributed by atoms with Gasteiger partial charge in [0, 0.05) is 29.5 Å². The summed E-state index contributed by atoms with van der Waals surface area (Å²) >= 11 is 1.41. The highest BCUT2D eigenvalue weighted by molar-refractivity contribution is 8.00. The lowest BCUT2D eigenvalue weighted by Crippen LogP contribution is -2.37. The van der Waals surface area contributed by atoms with Crippen molar-refractivity contribution in [2.45, 2.75) is 18.9 Å². The molecule has 1 saturated heterocycles. The molecular weight excluding hydrogens is 384 g/mol. The topological polar surface area (TPSA) is 67.4 Å². The number of fused-ring (bicyclic) bond motifs is 1. The van der Waals surface area contributed by atoms with E-state index in [4.69, 9.17) is 4.74 Å². The Morgan fingerprint density at radius 2 is 1.83 bits per heavy atom. The van der Waals surface area contributed by atoms with Crippen LogP contribution in [0.4, 0.5) is 11.5 Å². The zero-order valence-electron chi connectivity index (χ0n) is 16.6. The van der Waals surface area contributed by atoms with Gasteiger partial charge in [0.1, 0.15) is 5.03 Å². The van der Waals surface area contributed by atoms with Gasteiger partial charge in [0.15, 0.2) is 5.82 Å². The van der Waals surface area contributed by atoms with Crippen LogP contribution in [-0.4, -0.2) is 48.2 Å². The Bertz CT molecular complexity index is 1030. The predicted molar refractivity (Wildman–Crippen MR) is 118 cm³/mol. The summed E-state index contributed by atoms with van der Waals surface area (Å²) in [6, 6.07) is 14.0. The van der Waals surface area contributed by atoms with E-state index in [1.54, 1.807) is 0 Å². The fourth-order valence-electron chi connectivity index (χ4n) is 3.33. The van der Waals surface area contributed by atoms with Crippen LogP contribution in [0.25, 0.3) is 10.8 Å². The number of hydrogen-bond donors (Lipinski definition) is 1. The zero-order chi connectivity index (χ0) is 20.2. The fourth-order valence-corrected chi connectivity index (χ4v) is 4.10. The minimum Gasteiger partial charge on any atom is -0.378 e. The zero-order valence-corrected chi connectivity index (χ0v) is 17.5. The molecule has 0 saturated carbocycles. The lowest BCUT2D eigenvalue weighted by molar-refractivity contribution is -0.113. The lowest BCUT2D eigenvalue weighted by Gasteiger charge is -2.28. The molecule has 29 heavy (non-hydrogen) atoms. The van der Waals surface area contributed by atoms with Crippen molar-refractivity contribution in [3.63, 3.8) is 0 Å². The number of carbonyl (C=O) groups excluding carboxylic acids is 1. The van der Waals surface area contributed by atoms with Gasteiger partial charge in [-0.1, -0.05) is 42.1 Å². The summed E-state index contributed by atoms with van der Waals surface area (Å²) in [6.07, 6.45) is 0. The van der Waals surface area contributed by atoms with E-state index in [9.17, 15) is 4.79 Å². The molecule has 0 radical (unpaired) electrons. The SMILES string of the molecule is Cc1ccc(NC(=O)CSc2nnc(N3CCOCC3)c3ccccc23)cc1C. The molecule has 7 heteroatoms. The Kier molecular flexibility index (Phi) is 5.97. The number of ether oxygens (including phenoxy) is 1. The van der Waals surface area contributed by atoms with Crippen LogP contribution >= 0.6 is 11.8 Å². The molecule has 0 unspecified atom stereocenters. The van der Waals surface area contributed by atoms with Crippen LogP contribution in [0.2, 0.25) is 0 Å². The maximum absolute atomic E-state index is 12.4. The van der Waals surface area contributed by atoms with E-state index in [0.717, 1.165) is 46.0 Å². The maximum Gasteiger partial charge on any atom is 0.234 e. The molecular formula is C22H24N4O2S. The van der Waals surface area contributed by atoms with Crippen LogP contribution in [0.15, 0.2) is 47.5 Å². The Morgan fingerprint density at radius 3 is 2.59 bits per heavy atom. The normalized spacial score (nSPS) is 14.2. The molecule has 2 aromatic carbocycles. The summed E-state index contributed by atoms with van der Waals surface area (Å²) in [5.41, 5.74) is 3.18. The number of rotatable bonds is 5. The van der Waals surface area contributed by atoms with Crippen LogP contribution in [0, 0.1) is 13.8 Å². The first-order valence-corrected chi connectivity index (χ1v) is 10.7. The summed E-state index contributed by atoms with van der Waals surface area (Å²) in [4.78, 5) is 14.6. The Hall–Kier alpha value is -2.64. The van der Waals surface area contributed by atoms with Crippen molar-refractivity contribution in [2.24, 2.45) is 0 Å². The quantitative estimate of drug-likeness (QED) is 0.648. The van der Waals surface area contributed by atoms with E-state index < -0.39 is 0 Å². The van der Waals surface area contributed by atoms with E-state index >= 15 is 0 Å². The van der Waals surface area contributed by atoms with Crippen molar-refractivity contribution in [1.82, 2.24) is 10.2 Å². The molecule has 1 aliphatic rings. The molecule has 1 aliphatic heterocycles. The second kappa shape index (κ2) is 8.80. The van der Waals surface area contributed by atoms with Crippen molar-refractivity contribution < 1.29 is 9.53 Å². The minimum absolute atomic E-state index is 0.0543. The highest BCUT2D eigenvalue weighted by Gasteiger charge is 2.18. The van der Waals surface area contributed by atoms with Gasteiger partial charge in [0.25, 0.3) is 0 Å². The number of anilines is 2. The van der Waals surface area contributed by atoms with Crippen molar-refractivity contribution in [3.8, 4) is 0 Å². The maximum atomic E-state index is 12.4. The van der Waals surface area contributed by atoms with Crippen LogP contribution in [0.5, 0.6) is 0 Å². The molecule has 1 fully saturated rings. The van der Waals surface area contributed by atoms with Crippen LogP contribution in [-0.2, 0) is 9.53 Å². The van der Waals surface area contributed by atoms with Gasteiger partial charge in [-0.05, 0) is 37.1 Å². The molecule has 4 rings (SSSR count). The molecule has 0 spiro atoms. The van der Waals surface area contributed by atoms with E-state index in [0.29, 0.717) is 13.2 Å². The summed E-state index contributed by atoms with van der Waals surface area (Å²) in [5.74, 6) is 1.11. The average molecular weight is 409 g/mol. The lowest BCUT2D eigenvalue weighted by atomic mass is 10.1. The number of thioether (sulfide) groups is 1. The smallest absolute Gasteiger partial charge is 0.234 e. The number of amides is 1. The van der Waals surface area contributed by atoms with Crippen molar-refractivity contribution >= 4 is 39.9 Å². The summed E-state index contributed by atoms with van der Waals surface area (Å²) in [5, 5.41) is 14.7. The van der Waals surface area contributed by atoms with E-state index in [1.807, 2.05) is 43.3 Å². The number of morpholine rings is 1. The third kappa shape index (κ3) is 4.52. The number of benzene rings is 2. The molecule has 1 aromatic heterocycles. The Morgan fingerprint density at radius 1 is 1.07 bits per heavy atom. The largest absolute Gasteiger partial charge is 0.378 e. The molecule has 0 atom stereocenters. The molecule has 3 aromatic rings. The van der Waals surface area contributed by atoms with Crippen molar-refractivity contribution in [1.29, 1.82) is 0 Å². The summed E-state index contributed by atoms with van der Waals surface area (Å²) in [6.45, 7) is 7.11. The van der Waals surface area contributed by atoms with E-state index in [1.165, 1.54) is 17.3 Å². The van der Waals surface area contributed by atoms with Gasteiger partial charge in [-0.2, -0.15) is 0 Å². The third-order valence-electron chi connectivity index (χ3n) is 5.08. The molecule has 1 amide bonds. The highest BCUT2D eigenvalue weighted by Crippen LogP contribution is 2.31. The third-order valence-corrected chi connectivity index (χ3v) is 6.06. The fraction of sp³-hybridized carbons (Fsp3) is 0.318. The summed E-state index contributed by atoms with van der Waals surface area (Å²) in [7, 11) is 0. The molecule has 1 N–H and O–H groups in total. The average Bonchev–Trinajstić information content (AvgIpc) is 2.75. The van der Waals surface area contributed by atoms with Gasteiger partial charge in [-0.15, -0.1) is 10.2 Å². The molecule has 150 valence electrons. The van der Waals surface area contributed by atoms with Crippen molar-refractivity contribution in [2.75, 3.05) is 42.3 Å². The molecule has 6 nitrogen and oxygen atoms in total. The van der Waals surface area contributed by atoms with Crippen molar-refractivity contribution in [3.05, 3.63) is 53.6 Å². The first kappa shape index (κ1) is 19.7. The second-order valence-electron chi connectivity index (χ2n) is 7.11. The van der Waals surface area contributed by atoms with Gasteiger partial charge in [0.05, 0.1) is 19.0 Å². The van der Waals surface area contributed by atoms with Gasteiger partial charge >= 0.3 is 0 Å². The standard InChI is InChI=1S/C22H24N4O2S/c1-15-7-8-17(13-16(15)2)23-20(27)14-29-22-19-6-4-3-5-18(19)21(24-25-22)26-9-11-28-12-10-26/h3-8,13H,9-12,14H2,1-2H3,(H,23,27). The number of nitrogens with one attached hydrogen (secondary N) is 1. The van der Waals surface area contributed by atoms with E-state index in [2.05, 4.69) is 33.4 Å². The van der Waals surface area contributed by atoms with Gasteiger partial charge in [-0.3, -0.25) is 4.79 Å². The monoisotopic (exact) mass is 408 g/mol. The van der Waals surface area contributed by atoms with E-state index in [-0.39, 0.29) is 11.7 Å². The van der Waals surface area contributed by atoms with Gasteiger partial charge in [0.2, 0.25) is 5.91 Å². The van der Waals surface area contributed by atoms with Crippen LogP contribution in [0.3, 0.4) is 0 Å². The van der Waals surface area contributed by atoms with Crippen LogP contribution < -0.4 is 10.2 Å². The first-order chi connectivity index (χ1) is 14.1. The van der Waals surface area contributed by atoms with Gasteiger partial charge in [-0.25, -0.2) is 0 Å². The van der Waals surface area contributed by atoms with Gasteiger partial charge < -0.3 is 15.0 Å². The molecule has 2 heterocycles. The highest BCUT2D eigenvalue weighted by atomic mass is 32.2. The number of carbonyl (C=O) groups is 1. The number of aromatic nitrogens is 2.